The Hall–Kier alpha value is -0.990. The zero-order valence-electron chi connectivity index (χ0n) is 7.84. The molecule has 0 aliphatic heterocycles. The maximum Gasteiger partial charge on any atom is 0.194 e. The molecule has 0 bridgehead atoms. The highest BCUT2D eigenvalue weighted by atomic mass is 19.2. The molecule has 0 saturated carbocycles. The van der Waals surface area contributed by atoms with Crippen LogP contribution in [0.4, 0.5) is 13.2 Å². The molecular weight excluding hydrogens is 177 g/mol. The number of halogens is 3. The van der Waals surface area contributed by atoms with Crippen molar-refractivity contribution in [3.05, 3.63) is 34.1 Å². The average Bonchev–Trinajstić information content (AvgIpc) is 2.13. The lowest BCUT2D eigenvalue weighted by atomic mass is 9.99. The molecule has 3 heteroatoms. The summed E-state index contributed by atoms with van der Waals surface area (Å²) in [5.74, 6) is -3.51. The molecule has 0 nitrogen and oxygen atoms in total. The van der Waals surface area contributed by atoms with E-state index in [0.717, 1.165) is 0 Å². The van der Waals surface area contributed by atoms with Gasteiger partial charge in [-0.15, -0.1) is 0 Å². The summed E-state index contributed by atoms with van der Waals surface area (Å²) in [7, 11) is 0. The van der Waals surface area contributed by atoms with Crippen LogP contribution in [0.2, 0.25) is 0 Å². The molecule has 0 amide bonds. The normalized spacial score (nSPS) is 10.6. The predicted octanol–water partition coefficient (Wildman–Crippen LogP) is 3.28. The van der Waals surface area contributed by atoms with Crippen LogP contribution in [0, 0.1) is 31.3 Å². The number of hydrogen-bond donors (Lipinski definition) is 0. The molecule has 0 spiro atoms. The molecule has 72 valence electrons. The average molecular weight is 188 g/mol. The first-order chi connectivity index (χ1) is 6.00. The van der Waals surface area contributed by atoms with Crippen molar-refractivity contribution in [1.82, 2.24) is 0 Å². The highest BCUT2D eigenvalue weighted by Gasteiger charge is 2.18. The van der Waals surface area contributed by atoms with Crippen molar-refractivity contribution in [2.75, 3.05) is 0 Å². The van der Waals surface area contributed by atoms with Crippen LogP contribution in [-0.2, 0) is 6.42 Å². The van der Waals surface area contributed by atoms with Gasteiger partial charge in [0.15, 0.2) is 17.5 Å². The minimum atomic E-state index is -1.37. The van der Waals surface area contributed by atoms with Gasteiger partial charge in [-0.3, -0.25) is 0 Å². The number of benzene rings is 1. The highest BCUT2D eigenvalue weighted by molar-refractivity contribution is 5.36. The van der Waals surface area contributed by atoms with Crippen molar-refractivity contribution < 1.29 is 13.2 Å². The van der Waals surface area contributed by atoms with Crippen LogP contribution >= 0.6 is 0 Å². The number of rotatable bonds is 1. The molecule has 1 aromatic rings. The van der Waals surface area contributed by atoms with Crippen LogP contribution in [0.1, 0.15) is 23.6 Å². The van der Waals surface area contributed by atoms with E-state index < -0.39 is 17.5 Å². The Bertz CT molecular complexity index is 314. The summed E-state index contributed by atoms with van der Waals surface area (Å²) < 4.78 is 38.8. The molecular formula is C10H11F3. The molecule has 0 aliphatic carbocycles. The van der Waals surface area contributed by atoms with E-state index in [4.69, 9.17) is 0 Å². The first kappa shape index (κ1) is 10.1. The first-order valence-electron chi connectivity index (χ1n) is 4.13. The molecule has 0 aromatic heterocycles. The Morgan fingerprint density at radius 1 is 0.846 bits per heavy atom. The van der Waals surface area contributed by atoms with E-state index in [1.54, 1.807) is 6.92 Å². The predicted molar refractivity (Wildman–Crippen MR) is 45.2 cm³/mol. The van der Waals surface area contributed by atoms with Gasteiger partial charge in [-0.2, -0.15) is 0 Å². The topological polar surface area (TPSA) is 0 Å². The van der Waals surface area contributed by atoms with Crippen molar-refractivity contribution in [3.63, 3.8) is 0 Å². The van der Waals surface area contributed by atoms with Gasteiger partial charge in [-0.25, -0.2) is 13.2 Å². The van der Waals surface area contributed by atoms with Crippen LogP contribution in [0.15, 0.2) is 0 Å². The second kappa shape index (κ2) is 3.40. The van der Waals surface area contributed by atoms with E-state index in [-0.39, 0.29) is 11.1 Å². The summed E-state index contributed by atoms with van der Waals surface area (Å²) in [6.45, 7) is 4.71. The van der Waals surface area contributed by atoms with E-state index >= 15 is 0 Å². The number of hydrogen-bond acceptors (Lipinski definition) is 0. The Kier molecular flexibility index (Phi) is 2.64. The van der Waals surface area contributed by atoms with Gasteiger partial charge in [-0.1, -0.05) is 6.92 Å². The molecule has 0 saturated heterocycles. The van der Waals surface area contributed by atoms with Gasteiger partial charge in [0.1, 0.15) is 0 Å². The Morgan fingerprint density at radius 3 is 1.54 bits per heavy atom. The third kappa shape index (κ3) is 1.43. The summed E-state index contributed by atoms with van der Waals surface area (Å²) in [6, 6.07) is 0. The summed E-state index contributed by atoms with van der Waals surface area (Å²) in [6.07, 6.45) is 0.506. The van der Waals surface area contributed by atoms with Crippen molar-refractivity contribution in [1.29, 1.82) is 0 Å². The van der Waals surface area contributed by atoms with Crippen LogP contribution in [0.25, 0.3) is 0 Å². The molecule has 0 N–H and O–H groups in total. The molecule has 0 unspecified atom stereocenters. The lowest BCUT2D eigenvalue weighted by molar-refractivity contribution is 0.437. The van der Waals surface area contributed by atoms with Gasteiger partial charge in [0.2, 0.25) is 0 Å². The molecule has 0 atom stereocenters. The van der Waals surface area contributed by atoms with Gasteiger partial charge in [-0.05, 0) is 37.0 Å². The molecule has 1 aromatic carbocycles. The fourth-order valence-corrected chi connectivity index (χ4v) is 1.50. The zero-order valence-corrected chi connectivity index (χ0v) is 7.84. The Morgan fingerprint density at radius 2 is 1.23 bits per heavy atom. The minimum absolute atomic E-state index is 0.207. The van der Waals surface area contributed by atoms with Crippen LogP contribution in [0.3, 0.4) is 0 Å². The highest BCUT2D eigenvalue weighted by Crippen LogP contribution is 2.24. The Labute approximate surface area is 75.4 Å². The zero-order chi connectivity index (χ0) is 10.2. The smallest absolute Gasteiger partial charge is 0.194 e. The lowest BCUT2D eigenvalue weighted by Gasteiger charge is -2.10. The third-order valence-corrected chi connectivity index (χ3v) is 2.30. The van der Waals surface area contributed by atoms with Gasteiger partial charge in [0, 0.05) is 0 Å². The third-order valence-electron chi connectivity index (χ3n) is 2.30. The van der Waals surface area contributed by atoms with Crippen LogP contribution in [0.5, 0.6) is 0 Å². The van der Waals surface area contributed by atoms with Crippen LogP contribution in [-0.4, -0.2) is 0 Å². The maximum absolute atomic E-state index is 13.0. The van der Waals surface area contributed by atoms with Gasteiger partial charge in [0.25, 0.3) is 0 Å². The fraction of sp³-hybridized carbons (Fsp3) is 0.400. The molecule has 0 heterocycles. The Balaban J connectivity index is 3.56. The van der Waals surface area contributed by atoms with Gasteiger partial charge in [0.05, 0.1) is 0 Å². The lowest BCUT2D eigenvalue weighted by Crippen LogP contribution is -2.03. The van der Waals surface area contributed by atoms with E-state index in [2.05, 4.69) is 0 Å². The minimum Gasteiger partial charge on any atom is -0.203 e. The summed E-state index contributed by atoms with van der Waals surface area (Å²) >= 11 is 0. The van der Waals surface area contributed by atoms with Crippen molar-refractivity contribution in [2.24, 2.45) is 0 Å². The summed E-state index contributed by atoms with van der Waals surface area (Å²) in [5.41, 5.74) is 0.967. The van der Waals surface area contributed by atoms with E-state index in [1.165, 1.54) is 13.8 Å². The van der Waals surface area contributed by atoms with Crippen molar-refractivity contribution in [3.8, 4) is 0 Å². The SMILES string of the molecule is CCc1c(C)c(F)c(F)c(F)c1C. The molecule has 1 rings (SSSR count). The first-order valence-corrected chi connectivity index (χ1v) is 4.13. The summed E-state index contributed by atoms with van der Waals surface area (Å²) in [4.78, 5) is 0. The largest absolute Gasteiger partial charge is 0.203 e. The van der Waals surface area contributed by atoms with Gasteiger partial charge >= 0.3 is 0 Å². The van der Waals surface area contributed by atoms with Crippen LogP contribution < -0.4 is 0 Å². The second-order valence-corrected chi connectivity index (χ2v) is 3.02. The quantitative estimate of drug-likeness (QED) is 0.593. The standard InChI is InChI=1S/C10H11F3/c1-4-7-5(2)8(11)10(13)9(12)6(7)3/h4H2,1-3H3. The molecule has 0 aliphatic rings. The van der Waals surface area contributed by atoms with E-state index in [9.17, 15) is 13.2 Å². The molecule has 13 heavy (non-hydrogen) atoms. The van der Waals surface area contributed by atoms with E-state index in [1.807, 2.05) is 0 Å². The monoisotopic (exact) mass is 188 g/mol. The maximum atomic E-state index is 13.0. The summed E-state index contributed by atoms with van der Waals surface area (Å²) in [5, 5.41) is 0. The fourth-order valence-electron chi connectivity index (χ4n) is 1.50. The second-order valence-electron chi connectivity index (χ2n) is 3.02. The molecule has 0 radical (unpaired) electrons. The van der Waals surface area contributed by atoms with E-state index in [0.29, 0.717) is 12.0 Å². The van der Waals surface area contributed by atoms with Gasteiger partial charge < -0.3 is 0 Å². The molecule has 0 fully saturated rings. The van der Waals surface area contributed by atoms with Crippen molar-refractivity contribution in [2.45, 2.75) is 27.2 Å². The van der Waals surface area contributed by atoms with Crippen molar-refractivity contribution >= 4 is 0 Å².